The monoisotopic (exact) mass is 368 g/mol. The number of fused-ring (bicyclic) bond motifs is 2. The SMILES string of the molecule is Cc1ccc(CNC(C(=O)OCC2=C3CN(CC2)C3)c2ccccc2)s1. The average molecular weight is 369 g/mol. The number of ether oxygens (including phenoxy) is 1. The van der Waals surface area contributed by atoms with E-state index in [1.54, 1.807) is 11.3 Å². The van der Waals surface area contributed by atoms with Crippen LogP contribution in [0.15, 0.2) is 53.6 Å². The van der Waals surface area contributed by atoms with Gasteiger partial charge >= 0.3 is 5.97 Å². The lowest BCUT2D eigenvalue weighted by Crippen LogP contribution is -2.46. The number of nitrogens with zero attached hydrogens (tertiary/aromatic N) is 1. The number of aryl methyl sites for hydroxylation is 1. The van der Waals surface area contributed by atoms with Crippen molar-refractivity contribution in [3.05, 3.63) is 68.9 Å². The van der Waals surface area contributed by atoms with Crippen molar-refractivity contribution in [3.8, 4) is 0 Å². The first kappa shape index (κ1) is 17.5. The number of carbonyl (C=O) groups excluding carboxylic acids is 1. The van der Waals surface area contributed by atoms with Gasteiger partial charge < -0.3 is 4.74 Å². The molecule has 0 spiro atoms. The van der Waals surface area contributed by atoms with Gasteiger partial charge in [-0.15, -0.1) is 11.3 Å². The van der Waals surface area contributed by atoms with Crippen molar-refractivity contribution >= 4 is 17.3 Å². The summed E-state index contributed by atoms with van der Waals surface area (Å²) in [5.41, 5.74) is 3.73. The van der Waals surface area contributed by atoms with Crippen molar-refractivity contribution in [2.45, 2.75) is 25.9 Å². The van der Waals surface area contributed by atoms with Crippen LogP contribution in [0, 0.1) is 6.92 Å². The predicted molar refractivity (Wildman–Crippen MR) is 104 cm³/mol. The molecule has 1 saturated heterocycles. The maximum atomic E-state index is 12.8. The van der Waals surface area contributed by atoms with Crippen molar-refractivity contribution in [1.82, 2.24) is 10.2 Å². The molecule has 4 nitrogen and oxygen atoms in total. The fourth-order valence-electron chi connectivity index (χ4n) is 3.53. The summed E-state index contributed by atoms with van der Waals surface area (Å²) in [5.74, 6) is -0.195. The zero-order valence-electron chi connectivity index (χ0n) is 15.0. The first-order valence-electron chi connectivity index (χ1n) is 9.11. The molecule has 0 aliphatic carbocycles. The molecule has 0 saturated carbocycles. The van der Waals surface area contributed by atoms with Crippen molar-refractivity contribution < 1.29 is 9.53 Å². The van der Waals surface area contributed by atoms with E-state index in [1.165, 1.54) is 20.9 Å². The minimum atomic E-state index is -0.439. The van der Waals surface area contributed by atoms with Gasteiger partial charge in [0.15, 0.2) is 0 Å². The minimum absolute atomic E-state index is 0.195. The van der Waals surface area contributed by atoms with Crippen LogP contribution < -0.4 is 5.32 Å². The summed E-state index contributed by atoms with van der Waals surface area (Å²) in [7, 11) is 0. The number of thiophene rings is 1. The molecule has 3 aliphatic heterocycles. The molecule has 1 N–H and O–H groups in total. The van der Waals surface area contributed by atoms with Crippen LogP contribution in [-0.4, -0.2) is 37.1 Å². The molecule has 1 aromatic carbocycles. The van der Waals surface area contributed by atoms with Gasteiger partial charge in [-0.1, -0.05) is 30.3 Å². The van der Waals surface area contributed by atoms with E-state index in [9.17, 15) is 4.79 Å². The standard InChI is InChI=1S/C21H24N2O2S/c1-15-7-8-19(26-15)11-22-20(16-5-3-2-4-6-16)21(24)25-14-17-9-10-23-12-18(17)13-23/h2-8,20,22H,9-14H2,1H3. The molecule has 1 unspecified atom stereocenters. The van der Waals surface area contributed by atoms with Gasteiger partial charge in [-0.05, 0) is 42.2 Å². The molecule has 2 bridgehead atoms. The van der Waals surface area contributed by atoms with Crippen molar-refractivity contribution in [2.75, 3.05) is 26.2 Å². The van der Waals surface area contributed by atoms with Crippen molar-refractivity contribution in [1.29, 1.82) is 0 Å². The van der Waals surface area contributed by atoms with Gasteiger partial charge in [0, 0.05) is 35.9 Å². The zero-order valence-corrected chi connectivity index (χ0v) is 15.8. The van der Waals surface area contributed by atoms with Crippen LogP contribution >= 0.6 is 11.3 Å². The Bertz CT molecular complexity index is 804. The van der Waals surface area contributed by atoms with E-state index in [-0.39, 0.29) is 5.97 Å². The summed E-state index contributed by atoms with van der Waals surface area (Å²) in [6.45, 7) is 6.41. The maximum absolute atomic E-state index is 12.8. The molecule has 0 amide bonds. The van der Waals surface area contributed by atoms with Crippen LogP contribution in [0.4, 0.5) is 0 Å². The van der Waals surface area contributed by atoms with E-state index in [2.05, 4.69) is 29.3 Å². The minimum Gasteiger partial charge on any atom is -0.460 e. The summed E-state index contributed by atoms with van der Waals surface area (Å²) in [4.78, 5) is 17.7. The number of rotatable bonds is 7. The number of hydrogen-bond donors (Lipinski definition) is 1. The van der Waals surface area contributed by atoms with Crippen LogP contribution in [0.2, 0.25) is 0 Å². The Hall–Kier alpha value is -1.95. The molecule has 3 aliphatic rings. The fourth-order valence-corrected chi connectivity index (χ4v) is 4.37. The number of benzene rings is 1. The normalized spacial score (nSPS) is 17.7. The Labute approximate surface area is 158 Å². The third kappa shape index (κ3) is 3.90. The maximum Gasteiger partial charge on any atom is 0.328 e. The Morgan fingerprint density at radius 1 is 1.23 bits per heavy atom. The molecular formula is C21H24N2O2S. The first-order chi connectivity index (χ1) is 12.7. The summed E-state index contributed by atoms with van der Waals surface area (Å²) in [6, 6.07) is 13.6. The van der Waals surface area contributed by atoms with Gasteiger partial charge in [-0.25, -0.2) is 4.79 Å². The molecule has 2 aromatic rings. The van der Waals surface area contributed by atoms with Gasteiger partial charge in [0.1, 0.15) is 12.6 Å². The third-order valence-corrected chi connectivity index (χ3v) is 6.09. The Kier molecular flexibility index (Phi) is 5.20. The first-order valence-corrected chi connectivity index (χ1v) is 9.93. The second kappa shape index (κ2) is 7.74. The second-order valence-electron chi connectivity index (χ2n) is 7.01. The summed E-state index contributed by atoms with van der Waals surface area (Å²) < 4.78 is 5.71. The molecule has 0 radical (unpaired) electrons. The van der Waals surface area contributed by atoms with Gasteiger partial charge in [0.2, 0.25) is 0 Å². The Morgan fingerprint density at radius 3 is 2.69 bits per heavy atom. The van der Waals surface area contributed by atoms with Crippen molar-refractivity contribution in [3.63, 3.8) is 0 Å². The van der Waals surface area contributed by atoms with Crippen LogP contribution in [0.25, 0.3) is 0 Å². The molecule has 1 aromatic heterocycles. The Morgan fingerprint density at radius 2 is 2.04 bits per heavy atom. The van der Waals surface area contributed by atoms with Gasteiger partial charge in [0.25, 0.3) is 0 Å². The van der Waals surface area contributed by atoms with Crippen LogP contribution in [-0.2, 0) is 16.1 Å². The molecule has 26 heavy (non-hydrogen) atoms. The number of hydrogen-bond acceptors (Lipinski definition) is 5. The van der Waals surface area contributed by atoms with Gasteiger partial charge in [0.05, 0.1) is 0 Å². The van der Waals surface area contributed by atoms with E-state index < -0.39 is 6.04 Å². The Balaban J connectivity index is 1.42. The highest BCUT2D eigenvalue weighted by molar-refractivity contribution is 7.11. The zero-order chi connectivity index (χ0) is 17.9. The fraction of sp³-hybridized carbons (Fsp3) is 0.381. The van der Waals surface area contributed by atoms with Crippen LogP contribution in [0.5, 0.6) is 0 Å². The van der Waals surface area contributed by atoms with Gasteiger partial charge in [-0.2, -0.15) is 0 Å². The highest BCUT2D eigenvalue weighted by Crippen LogP contribution is 2.28. The summed E-state index contributed by atoms with van der Waals surface area (Å²) >= 11 is 1.75. The van der Waals surface area contributed by atoms with E-state index >= 15 is 0 Å². The summed E-state index contributed by atoms with van der Waals surface area (Å²) in [6.07, 6.45) is 1.03. The van der Waals surface area contributed by atoms with Crippen LogP contribution in [0.3, 0.4) is 0 Å². The summed E-state index contributed by atoms with van der Waals surface area (Å²) in [5, 5.41) is 3.39. The smallest absolute Gasteiger partial charge is 0.328 e. The molecular weight excluding hydrogens is 344 g/mol. The topological polar surface area (TPSA) is 41.6 Å². The average Bonchev–Trinajstić information content (AvgIpc) is 3.06. The molecule has 1 atom stereocenters. The van der Waals surface area contributed by atoms with Crippen molar-refractivity contribution in [2.24, 2.45) is 0 Å². The highest BCUT2D eigenvalue weighted by atomic mass is 32.1. The second-order valence-corrected chi connectivity index (χ2v) is 8.38. The molecule has 5 rings (SSSR count). The van der Waals surface area contributed by atoms with E-state index in [1.807, 2.05) is 30.3 Å². The molecule has 4 heterocycles. The largest absolute Gasteiger partial charge is 0.460 e. The predicted octanol–water partition coefficient (Wildman–Crippen LogP) is 3.45. The highest BCUT2D eigenvalue weighted by Gasteiger charge is 2.29. The number of esters is 1. The van der Waals surface area contributed by atoms with Crippen LogP contribution in [0.1, 0.15) is 27.8 Å². The quantitative estimate of drug-likeness (QED) is 0.600. The number of nitrogens with one attached hydrogen (secondary N) is 1. The lowest BCUT2D eigenvalue weighted by atomic mass is 9.93. The van der Waals surface area contributed by atoms with E-state index in [4.69, 9.17) is 4.74 Å². The van der Waals surface area contributed by atoms with Gasteiger partial charge in [-0.3, -0.25) is 10.2 Å². The molecule has 5 heteroatoms. The van der Waals surface area contributed by atoms with E-state index in [0.29, 0.717) is 13.2 Å². The van der Waals surface area contributed by atoms with E-state index in [0.717, 1.165) is 31.6 Å². The molecule has 136 valence electrons. The lowest BCUT2D eigenvalue weighted by molar-refractivity contribution is -0.145. The number of carbonyl (C=O) groups is 1. The lowest BCUT2D eigenvalue weighted by Gasteiger charge is -2.41. The third-order valence-electron chi connectivity index (χ3n) is 5.09. The molecule has 1 fully saturated rings.